The standard InChI is InChI=1S/C15H19N3O/c1-11(7-10-16)13-17-14(18-19-13)15(8-9-15)12-5-3-2-4-6-12/h2-6,11H,7-10,16H2,1H3. The van der Waals surface area contributed by atoms with E-state index in [2.05, 4.69) is 41.3 Å². The molecule has 0 bridgehead atoms. The van der Waals surface area contributed by atoms with E-state index >= 15 is 0 Å². The number of nitrogens with zero attached hydrogens (tertiary/aromatic N) is 2. The molecular weight excluding hydrogens is 238 g/mol. The summed E-state index contributed by atoms with van der Waals surface area (Å²) in [7, 11) is 0. The van der Waals surface area contributed by atoms with Crippen LogP contribution < -0.4 is 5.73 Å². The van der Waals surface area contributed by atoms with Crippen LogP contribution in [0.25, 0.3) is 0 Å². The first-order chi connectivity index (χ1) is 9.26. The third-order valence-corrected chi connectivity index (χ3v) is 3.97. The average Bonchev–Trinajstić information content (AvgIpc) is 3.10. The fourth-order valence-corrected chi connectivity index (χ4v) is 2.53. The predicted molar refractivity (Wildman–Crippen MR) is 72.8 cm³/mol. The Morgan fingerprint density at radius 1 is 1.32 bits per heavy atom. The van der Waals surface area contributed by atoms with Crippen LogP contribution in [0.3, 0.4) is 0 Å². The van der Waals surface area contributed by atoms with Crippen LogP contribution in [0.1, 0.15) is 49.4 Å². The molecule has 0 amide bonds. The van der Waals surface area contributed by atoms with Gasteiger partial charge in [0, 0.05) is 5.92 Å². The van der Waals surface area contributed by atoms with Crippen molar-refractivity contribution in [3.8, 4) is 0 Å². The molecule has 3 rings (SSSR count). The maximum absolute atomic E-state index is 5.57. The summed E-state index contributed by atoms with van der Waals surface area (Å²) >= 11 is 0. The summed E-state index contributed by atoms with van der Waals surface area (Å²) in [6, 6.07) is 10.4. The van der Waals surface area contributed by atoms with Crippen LogP contribution in [-0.4, -0.2) is 16.7 Å². The van der Waals surface area contributed by atoms with Gasteiger partial charge in [-0.2, -0.15) is 4.98 Å². The van der Waals surface area contributed by atoms with Crippen molar-refractivity contribution in [2.45, 2.75) is 37.5 Å². The van der Waals surface area contributed by atoms with Gasteiger partial charge >= 0.3 is 0 Å². The Morgan fingerprint density at radius 3 is 2.68 bits per heavy atom. The SMILES string of the molecule is CC(CCN)c1nc(C2(c3ccccc3)CC2)no1. The number of nitrogens with two attached hydrogens (primary N) is 1. The molecule has 100 valence electrons. The average molecular weight is 257 g/mol. The minimum absolute atomic E-state index is 0.00849. The van der Waals surface area contributed by atoms with Crippen LogP contribution in [0.5, 0.6) is 0 Å². The van der Waals surface area contributed by atoms with E-state index in [1.54, 1.807) is 0 Å². The monoisotopic (exact) mass is 257 g/mol. The molecule has 1 atom stereocenters. The topological polar surface area (TPSA) is 64.9 Å². The van der Waals surface area contributed by atoms with Crippen molar-refractivity contribution in [2.24, 2.45) is 5.73 Å². The first-order valence-corrected chi connectivity index (χ1v) is 6.86. The fraction of sp³-hybridized carbons (Fsp3) is 0.467. The van der Waals surface area contributed by atoms with Crippen molar-refractivity contribution in [3.05, 3.63) is 47.6 Å². The molecule has 1 fully saturated rings. The van der Waals surface area contributed by atoms with Gasteiger partial charge in [0.15, 0.2) is 5.82 Å². The zero-order valence-corrected chi connectivity index (χ0v) is 11.2. The smallest absolute Gasteiger partial charge is 0.229 e. The maximum atomic E-state index is 5.57. The highest BCUT2D eigenvalue weighted by molar-refractivity contribution is 5.38. The first-order valence-electron chi connectivity index (χ1n) is 6.86. The molecule has 2 aromatic rings. The van der Waals surface area contributed by atoms with Crippen molar-refractivity contribution in [2.75, 3.05) is 6.54 Å². The lowest BCUT2D eigenvalue weighted by Crippen LogP contribution is -2.11. The van der Waals surface area contributed by atoms with Gasteiger partial charge in [-0.1, -0.05) is 42.4 Å². The minimum atomic E-state index is -0.00849. The van der Waals surface area contributed by atoms with Gasteiger partial charge in [0.2, 0.25) is 5.89 Å². The van der Waals surface area contributed by atoms with Crippen molar-refractivity contribution in [1.82, 2.24) is 10.1 Å². The van der Waals surface area contributed by atoms with Crippen LogP contribution >= 0.6 is 0 Å². The number of hydrogen-bond acceptors (Lipinski definition) is 4. The molecule has 0 aliphatic heterocycles. The van der Waals surface area contributed by atoms with Crippen molar-refractivity contribution >= 4 is 0 Å². The zero-order chi connectivity index (χ0) is 13.3. The van der Waals surface area contributed by atoms with E-state index in [0.717, 1.165) is 25.1 Å². The summed E-state index contributed by atoms with van der Waals surface area (Å²) in [4.78, 5) is 4.61. The van der Waals surface area contributed by atoms with Crippen LogP contribution in [0, 0.1) is 0 Å². The number of benzene rings is 1. The second-order valence-corrected chi connectivity index (χ2v) is 5.38. The Morgan fingerprint density at radius 2 is 2.05 bits per heavy atom. The highest BCUT2D eigenvalue weighted by Gasteiger charge is 2.49. The van der Waals surface area contributed by atoms with Gasteiger partial charge in [0.05, 0.1) is 5.41 Å². The molecule has 1 aliphatic rings. The Balaban J connectivity index is 1.87. The molecule has 1 aromatic heterocycles. The van der Waals surface area contributed by atoms with Gasteiger partial charge < -0.3 is 10.3 Å². The Labute approximate surface area is 113 Å². The quantitative estimate of drug-likeness (QED) is 0.894. The highest BCUT2D eigenvalue weighted by atomic mass is 16.5. The number of rotatable bonds is 5. The molecule has 4 heteroatoms. The largest absolute Gasteiger partial charge is 0.339 e. The lowest BCUT2D eigenvalue weighted by atomic mass is 9.95. The van der Waals surface area contributed by atoms with Gasteiger partial charge in [0.1, 0.15) is 0 Å². The van der Waals surface area contributed by atoms with E-state index in [9.17, 15) is 0 Å². The molecule has 1 aromatic carbocycles. The van der Waals surface area contributed by atoms with Crippen molar-refractivity contribution < 1.29 is 4.52 Å². The van der Waals surface area contributed by atoms with E-state index in [4.69, 9.17) is 10.3 Å². The second kappa shape index (κ2) is 4.78. The summed E-state index contributed by atoms with van der Waals surface area (Å²) in [6.45, 7) is 2.72. The van der Waals surface area contributed by atoms with E-state index in [1.807, 2.05) is 6.07 Å². The second-order valence-electron chi connectivity index (χ2n) is 5.38. The van der Waals surface area contributed by atoms with Crippen LogP contribution in [0.4, 0.5) is 0 Å². The fourth-order valence-electron chi connectivity index (χ4n) is 2.53. The Bertz CT molecular complexity index is 546. The molecule has 1 saturated carbocycles. The van der Waals surface area contributed by atoms with Gasteiger partial charge in [0.25, 0.3) is 0 Å². The zero-order valence-electron chi connectivity index (χ0n) is 11.2. The van der Waals surface area contributed by atoms with E-state index in [0.29, 0.717) is 12.4 Å². The molecule has 1 unspecified atom stereocenters. The normalized spacial score (nSPS) is 18.2. The lowest BCUT2D eigenvalue weighted by molar-refractivity contribution is 0.349. The summed E-state index contributed by atoms with van der Waals surface area (Å²) in [6.07, 6.45) is 3.07. The van der Waals surface area contributed by atoms with Crippen LogP contribution in [0.2, 0.25) is 0 Å². The number of hydrogen-bond donors (Lipinski definition) is 1. The summed E-state index contributed by atoms with van der Waals surface area (Å²) in [5, 5.41) is 4.20. The number of aromatic nitrogens is 2. The van der Waals surface area contributed by atoms with Gasteiger partial charge in [-0.05, 0) is 31.4 Å². The predicted octanol–water partition coefficient (Wildman–Crippen LogP) is 2.60. The van der Waals surface area contributed by atoms with Crippen molar-refractivity contribution in [3.63, 3.8) is 0 Å². The Kier molecular flexibility index (Phi) is 3.11. The van der Waals surface area contributed by atoms with E-state index < -0.39 is 0 Å². The molecule has 2 N–H and O–H groups in total. The molecular formula is C15H19N3O. The van der Waals surface area contributed by atoms with E-state index in [1.165, 1.54) is 5.56 Å². The lowest BCUT2D eigenvalue weighted by Gasteiger charge is -2.10. The maximum Gasteiger partial charge on any atom is 0.229 e. The van der Waals surface area contributed by atoms with Gasteiger partial charge in [-0.25, -0.2) is 0 Å². The Hall–Kier alpha value is -1.68. The third-order valence-electron chi connectivity index (χ3n) is 3.97. The molecule has 0 saturated heterocycles. The summed E-state index contributed by atoms with van der Waals surface area (Å²) in [5.41, 5.74) is 6.85. The van der Waals surface area contributed by atoms with Gasteiger partial charge in [-0.15, -0.1) is 0 Å². The van der Waals surface area contributed by atoms with Gasteiger partial charge in [-0.3, -0.25) is 0 Å². The summed E-state index contributed by atoms with van der Waals surface area (Å²) in [5.74, 6) is 1.78. The molecule has 1 aliphatic carbocycles. The molecule has 19 heavy (non-hydrogen) atoms. The highest BCUT2D eigenvalue weighted by Crippen LogP contribution is 2.52. The van der Waals surface area contributed by atoms with E-state index in [-0.39, 0.29) is 11.3 Å². The summed E-state index contributed by atoms with van der Waals surface area (Å²) < 4.78 is 5.41. The van der Waals surface area contributed by atoms with Crippen molar-refractivity contribution in [1.29, 1.82) is 0 Å². The molecule has 0 radical (unpaired) electrons. The van der Waals surface area contributed by atoms with Crippen LogP contribution in [0.15, 0.2) is 34.9 Å². The molecule has 4 nitrogen and oxygen atoms in total. The third kappa shape index (κ3) is 2.16. The molecule has 0 spiro atoms. The minimum Gasteiger partial charge on any atom is -0.339 e. The first kappa shape index (κ1) is 12.4. The van der Waals surface area contributed by atoms with Crippen LogP contribution in [-0.2, 0) is 5.41 Å². The molecule has 1 heterocycles.